The highest BCUT2D eigenvalue weighted by atomic mass is 16.5. The van der Waals surface area contributed by atoms with Crippen LogP contribution in [0.5, 0.6) is 0 Å². The van der Waals surface area contributed by atoms with Crippen LogP contribution in [-0.2, 0) is 11.8 Å². The Labute approximate surface area is 131 Å². The molecule has 2 rings (SSSR count). The molecule has 2 aromatic rings. The minimum atomic E-state index is -0.0392. The summed E-state index contributed by atoms with van der Waals surface area (Å²) in [5.41, 5.74) is 2.00. The zero-order valence-electron chi connectivity index (χ0n) is 14.2. The summed E-state index contributed by atoms with van der Waals surface area (Å²) in [6.45, 7) is 7.92. The van der Waals surface area contributed by atoms with E-state index in [9.17, 15) is 4.79 Å². The third kappa shape index (κ3) is 3.64. The molecule has 4 nitrogen and oxygen atoms in total. The van der Waals surface area contributed by atoms with Crippen LogP contribution in [-0.4, -0.2) is 16.7 Å². The molecule has 0 aliphatic heterocycles. The fourth-order valence-corrected chi connectivity index (χ4v) is 2.18. The second-order valence-corrected chi connectivity index (χ2v) is 4.60. The van der Waals surface area contributed by atoms with Crippen molar-refractivity contribution in [3.8, 4) is 0 Å². The molecule has 0 saturated heterocycles. The van der Waals surface area contributed by atoms with Crippen LogP contribution < -0.4 is 5.56 Å². The maximum absolute atomic E-state index is 12.1. The van der Waals surface area contributed by atoms with E-state index in [1.54, 1.807) is 31.1 Å². The molecule has 0 fully saturated rings. The Hall–Kier alpha value is -2.36. The standard InChI is InChI=1S/C16H18N2O2.C2H6/c1-5-12(20-4)8-11(2)15-10-18(3)16(19)14-9-17-7-6-13(14)15;1-2/h5-10H,1-4H3;1-2H3/b11-8+,12-5-;. The van der Waals surface area contributed by atoms with Crippen molar-refractivity contribution in [3.63, 3.8) is 0 Å². The lowest BCUT2D eigenvalue weighted by Gasteiger charge is -2.10. The van der Waals surface area contributed by atoms with E-state index in [1.807, 2.05) is 52.1 Å². The Morgan fingerprint density at radius 3 is 2.59 bits per heavy atom. The molecular formula is C18H24N2O2. The minimum Gasteiger partial charge on any atom is -0.497 e. The van der Waals surface area contributed by atoms with E-state index in [0.29, 0.717) is 5.39 Å². The Balaban J connectivity index is 0.00000116. The SMILES string of the molecule is C/C=C(/C=C(\C)c1cn(C)c(=O)c2cnccc12)OC.CC. The summed E-state index contributed by atoms with van der Waals surface area (Å²) in [6.07, 6.45) is 9.01. The van der Waals surface area contributed by atoms with Crippen LogP contribution in [0.25, 0.3) is 16.3 Å². The van der Waals surface area contributed by atoms with E-state index in [2.05, 4.69) is 4.98 Å². The lowest BCUT2D eigenvalue weighted by molar-refractivity contribution is 0.306. The first kappa shape index (κ1) is 17.7. The summed E-state index contributed by atoms with van der Waals surface area (Å²) in [7, 11) is 3.39. The van der Waals surface area contributed by atoms with E-state index in [1.165, 1.54) is 0 Å². The van der Waals surface area contributed by atoms with E-state index < -0.39 is 0 Å². The van der Waals surface area contributed by atoms with Gasteiger partial charge in [-0.2, -0.15) is 0 Å². The Morgan fingerprint density at radius 1 is 1.32 bits per heavy atom. The van der Waals surface area contributed by atoms with Crippen molar-refractivity contribution in [1.82, 2.24) is 9.55 Å². The highest BCUT2D eigenvalue weighted by molar-refractivity contribution is 5.92. The average Bonchev–Trinajstić information content (AvgIpc) is 2.57. The van der Waals surface area contributed by atoms with E-state index in [-0.39, 0.29) is 5.56 Å². The molecule has 0 amide bonds. The molecule has 0 aliphatic carbocycles. The maximum atomic E-state index is 12.1. The molecule has 0 atom stereocenters. The molecule has 0 bridgehead atoms. The van der Waals surface area contributed by atoms with Crippen LogP contribution in [0.3, 0.4) is 0 Å². The van der Waals surface area contributed by atoms with Gasteiger partial charge >= 0.3 is 0 Å². The van der Waals surface area contributed by atoms with E-state index in [0.717, 1.165) is 22.3 Å². The number of aromatic nitrogens is 2. The molecule has 0 radical (unpaired) electrons. The van der Waals surface area contributed by atoms with Gasteiger partial charge in [0.25, 0.3) is 5.56 Å². The third-order valence-electron chi connectivity index (χ3n) is 3.29. The van der Waals surface area contributed by atoms with Crippen molar-refractivity contribution in [3.05, 3.63) is 58.5 Å². The van der Waals surface area contributed by atoms with Gasteiger partial charge in [-0.3, -0.25) is 9.78 Å². The predicted molar refractivity (Wildman–Crippen MR) is 92.7 cm³/mol. The van der Waals surface area contributed by atoms with Crippen LogP contribution in [0.2, 0.25) is 0 Å². The fourth-order valence-electron chi connectivity index (χ4n) is 2.18. The maximum Gasteiger partial charge on any atom is 0.259 e. The summed E-state index contributed by atoms with van der Waals surface area (Å²) >= 11 is 0. The molecular weight excluding hydrogens is 276 g/mol. The lowest BCUT2D eigenvalue weighted by atomic mass is 10.0. The topological polar surface area (TPSA) is 44.1 Å². The van der Waals surface area contributed by atoms with Crippen LogP contribution in [0.4, 0.5) is 0 Å². The summed E-state index contributed by atoms with van der Waals surface area (Å²) < 4.78 is 6.84. The molecule has 2 aromatic heterocycles. The number of fused-ring (bicyclic) bond motifs is 1. The van der Waals surface area contributed by atoms with Crippen molar-refractivity contribution < 1.29 is 4.74 Å². The fraction of sp³-hybridized carbons (Fsp3) is 0.333. The molecule has 0 unspecified atom stereocenters. The van der Waals surface area contributed by atoms with Gasteiger partial charge in [-0.25, -0.2) is 0 Å². The number of allylic oxidation sites excluding steroid dienone is 3. The highest BCUT2D eigenvalue weighted by Crippen LogP contribution is 2.23. The molecule has 4 heteroatoms. The number of nitrogens with zero attached hydrogens (tertiary/aromatic N) is 2. The average molecular weight is 300 g/mol. The largest absolute Gasteiger partial charge is 0.497 e. The van der Waals surface area contributed by atoms with E-state index in [4.69, 9.17) is 4.74 Å². The van der Waals surface area contributed by atoms with Crippen LogP contribution in [0.1, 0.15) is 33.3 Å². The number of hydrogen-bond acceptors (Lipinski definition) is 3. The van der Waals surface area contributed by atoms with Gasteiger partial charge in [0, 0.05) is 31.2 Å². The number of aryl methyl sites for hydroxylation is 1. The molecule has 0 spiro atoms. The van der Waals surface area contributed by atoms with Gasteiger partial charge in [-0.05, 0) is 43.0 Å². The molecule has 0 aromatic carbocycles. The first-order chi connectivity index (χ1) is 10.6. The summed E-state index contributed by atoms with van der Waals surface area (Å²) in [5, 5.41) is 1.53. The summed E-state index contributed by atoms with van der Waals surface area (Å²) in [5.74, 6) is 0.790. The minimum absolute atomic E-state index is 0.0392. The van der Waals surface area contributed by atoms with Crippen LogP contribution in [0, 0.1) is 0 Å². The second kappa shape index (κ2) is 8.17. The van der Waals surface area contributed by atoms with Gasteiger partial charge in [0.05, 0.1) is 12.5 Å². The van der Waals surface area contributed by atoms with Gasteiger partial charge in [-0.15, -0.1) is 0 Å². The first-order valence-corrected chi connectivity index (χ1v) is 7.40. The number of ether oxygens (including phenoxy) is 1. The molecule has 2 heterocycles. The van der Waals surface area contributed by atoms with Crippen LogP contribution >= 0.6 is 0 Å². The zero-order chi connectivity index (χ0) is 16.7. The molecule has 0 aliphatic rings. The van der Waals surface area contributed by atoms with Crippen molar-refractivity contribution >= 4 is 16.3 Å². The molecule has 0 saturated carbocycles. The lowest BCUT2D eigenvalue weighted by Crippen LogP contribution is -2.17. The van der Waals surface area contributed by atoms with Gasteiger partial charge in [-0.1, -0.05) is 13.8 Å². The van der Waals surface area contributed by atoms with Gasteiger partial charge in [0.2, 0.25) is 0 Å². The van der Waals surface area contributed by atoms with Gasteiger partial charge in [0.15, 0.2) is 0 Å². The van der Waals surface area contributed by atoms with Crippen molar-refractivity contribution in [1.29, 1.82) is 0 Å². The van der Waals surface area contributed by atoms with Gasteiger partial charge < -0.3 is 9.30 Å². The zero-order valence-corrected chi connectivity index (χ0v) is 14.2. The van der Waals surface area contributed by atoms with E-state index >= 15 is 0 Å². The normalized spacial score (nSPS) is 11.9. The monoisotopic (exact) mass is 300 g/mol. The summed E-state index contributed by atoms with van der Waals surface area (Å²) in [6, 6.07) is 1.87. The third-order valence-corrected chi connectivity index (χ3v) is 3.29. The molecule has 22 heavy (non-hydrogen) atoms. The Bertz CT molecular complexity index is 755. The first-order valence-electron chi connectivity index (χ1n) is 7.40. The smallest absolute Gasteiger partial charge is 0.259 e. The Kier molecular flexibility index (Phi) is 6.57. The summed E-state index contributed by atoms with van der Waals surface area (Å²) in [4.78, 5) is 16.1. The highest BCUT2D eigenvalue weighted by Gasteiger charge is 2.08. The molecule has 0 N–H and O–H groups in total. The number of hydrogen-bond donors (Lipinski definition) is 0. The van der Waals surface area contributed by atoms with Crippen molar-refractivity contribution in [2.45, 2.75) is 27.7 Å². The van der Waals surface area contributed by atoms with Crippen molar-refractivity contribution in [2.75, 3.05) is 7.11 Å². The number of pyridine rings is 2. The quantitative estimate of drug-likeness (QED) is 0.637. The predicted octanol–water partition coefficient (Wildman–Crippen LogP) is 3.91. The second-order valence-electron chi connectivity index (χ2n) is 4.60. The van der Waals surface area contributed by atoms with Crippen LogP contribution in [0.15, 0.2) is 47.4 Å². The number of methoxy groups -OCH3 is 1. The Morgan fingerprint density at radius 2 is 2.00 bits per heavy atom. The molecule has 118 valence electrons. The van der Waals surface area contributed by atoms with Gasteiger partial charge in [0.1, 0.15) is 5.76 Å². The number of rotatable bonds is 3. The van der Waals surface area contributed by atoms with Crippen molar-refractivity contribution in [2.24, 2.45) is 7.05 Å².